The first-order valence-electron chi connectivity index (χ1n) is 6.34. The minimum Gasteiger partial charge on any atom is -0.463 e. The molecule has 0 saturated carbocycles. The molecule has 0 radical (unpaired) electrons. The van der Waals surface area contributed by atoms with Crippen molar-refractivity contribution in [1.29, 1.82) is 0 Å². The Hall–Kier alpha value is -2.46. The lowest BCUT2D eigenvalue weighted by Gasteiger charge is -2.33. The Kier molecular flexibility index (Phi) is 4.43. The molecule has 0 aliphatic carbocycles. The van der Waals surface area contributed by atoms with Gasteiger partial charge in [-0.2, -0.15) is 0 Å². The molecule has 3 N–H and O–H groups in total. The predicted molar refractivity (Wildman–Crippen MR) is 79.2 cm³/mol. The van der Waals surface area contributed by atoms with Crippen LogP contribution in [-0.2, 0) is 9.53 Å². The van der Waals surface area contributed by atoms with Crippen LogP contribution < -0.4 is 11.2 Å². The summed E-state index contributed by atoms with van der Waals surface area (Å²) in [6.07, 6.45) is 0. The van der Waals surface area contributed by atoms with Crippen molar-refractivity contribution in [3.63, 3.8) is 0 Å². The van der Waals surface area contributed by atoms with Gasteiger partial charge >= 0.3 is 11.9 Å². The van der Waals surface area contributed by atoms with Crippen LogP contribution in [0.15, 0.2) is 27.8 Å². The number of hydrogen-bond donors (Lipinski definition) is 2. The van der Waals surface area contributed by atoms with Crippen molar-refractivity contribution < 1.29 is 18.9 Å². The zero-order valence-corrected chi connectivity index (χ0v) is 12.7. The third-order valence-electron chi connectivity index (χ3n) is 3.10. The number of esters is 1. The van der Waals surface area contributed by atoms with Gasteiger partial charge in [-0.05, 0) is 32.1 Å². The molecule has 10 heteroatoms. The molecule has 2 heterocycles. The van der Waals surface area contributed by atoms with E-state index in [2.05, 4.69) is 5.32 Å². The number of nitrogens with one attached hydrogen (secondary N) is 1. The molecule has 0 aromatic carbocycles. The quantitative estimate of drug-likeness (QED) is 0.275. The summed E-state index contributed by atoms with van der Waals surface area (Å²) in [5.41, 5.74) is 0.563. The Morgan fingerprint density at radius 3 is 2.86 bits per heavy atom. The maximum absolute atomic E-state index is 12.2. The van der Waals surface area contributed by atoms with Crippen LogP contribution in [0.2, 0.25) is 0 Å². The molecule has 1 aliphatic heterocycles. The highest BCUT2D eigenvalue weighted by Crippen LogP contribution is 2.32. The standard InChI is InChI=1S/C12H14N4O5S/c1-3-20-11(17)9-6(2)15(13)12(22)14-10(9)7-4-5-8(21-7)16(18)19/h4-5,10H,3,13H2,1-2H3,(H,14,22)/t10-/m1/s1. The normalized spacial score (nSPS) is 18.2. The van der Waals surface area contributed by atoms with Gasteiger partial charge in [0.05, 0.1) is 18.2 Å². The van der Waals surface area contributed by atoms with Gasteiger partial charge in [0.2, 0.25) is 0 Å². The van der Waals surface area contributed by atoms with E-state index in [-0.39, 0.29) is 23.1 Å². The van der Waals surface area contributed by atoms with Crippen LogP contribution in [0.3, 0.4) is 0 Å². The summed E-state index contributed by atoms with van der Waals surface area (Å²) < 4.78 is 10.2. The van der Waals surface area contributed by atoms with E-state index in [0.29, 0.717) is 5.70 Å². The number of allylic oxidation sites excluding steroid dienone is 1. The second-order valence-electron chi connectivity index (χ2n) is 4.41. The van der Waals surface area contributed by atoms with E-state index in [0.717, 1.165) is 5.01 Å². The molecule has 0 spiro atoms. The van der Waals surface area contributed by atoms with Gasteiger partial charge in [0, 0.05) is 5.70 Å². The number of hydrogen-bond acceptors (Lipinski definition) is 7. The van der Waals surface area contributed by atoms with Gasteiger partial charge in [0.25, 0.3) is 0 Å². The number of nitrogens with two attached hydrogens (primary N) is 1. The average molecular weight is 326 g/mol. The third kappa shape index (κ3) is 2.78. The second kappa shape index (κ2) is 6.12. The molecule has 22 heavy (non-hydrogen) atoms. The number of hydrazine groups is 1. The molecule has 0 saturated heterocycles. The van der Waals surface area contributed by atoms with E-state index in [1.54, 1.807) is 13.8 Å². The van der Waals surface area contributed by atoms with Crippen LogP contribution in [0.25, 0.3) is 0 Å². The third-order valence-corrected chi connectivity index (χ3v) is 3.41. The first-order valence-corrected chi connectivity index (χ1v) is 6.75. The van der Waals surface area contributed by atoms with Gasteiger partial charge < -0.3 is 14.5 Å². The van der Waals surface area contributed by atoms with Crippen LogP contribution in [-0.4, -0.2) is 27.6 Å². The fraction of sp³-hybridized carbons (Fsp3) is 0.333. The van der Waals surface area contributed by atoms with E-state index < -0.39 is 22.8 Å². The topological polar surface area (TPSA) is 124 Å². The maximum Gasteiger partial charge on any atom is 0.433 e. The monoisotopic (exact) mass is 326 g/mol. The van der Waals surface area contributed by atoms with E-state index in [4.69, 9.17) is 27.2 Å². The number of ether oxygens (including phenoxy) is 1. The average Bonchev–Trinajstić information content (AvgIpc) is 2.94. The maximum atomic E-state index is 12.2. The SMILES string of the molecule is CCOC(=O)C1=C(C)N(N)C(=S)N[C@@H]1c1ccc([N+](=O)[O-])o1. The van der Waals surface area contributed by atoms with Crippen molar-refractivity contribution in [3.05, 3.63) is 39.3 Å². The van der Waals surface area contributed by atoms with Gasteiger partial charge in [-0.1, -0.05) is 0 Å². The smallest absolute Gasteiger partial charge is 0.433 e. The summed E-state index contributed by atoms with van der Waals surface area (Å²) in [4.78, 5) is 22.2. The summed E-state index contributed by atoms with van der Waals surface area (Å²) in [7, 11) is 0. The molecular formula is C12H14N4O5S. The molecule has 0 bridgehead atoms. The molecule has 0 amide bonds. The fourth-order valence-corrected chi connectivity index (χ4v) is 2.29. The Morgan fingerprint density at radius 2 is 2.32 bits per heavy atom. The molecule has 1 atom stereocenters. The number of carbonyl (C=O) groups excluding carboxylic acids is 1. The lowest BCUT2D eigenvalue weighted by molar-refractivity contribution is -0.402. The number of nitrogens with zero attached hydrogens (tertiary/aromatic N) is 2. The van der Waals surface area contributed by atoms with Crippen molar-refractivity contribution in [1.82, 2.24) is 10.3 Å². The highest BCUT2D eigenvalue weighted by atomic mass is 32.1. The highest BCUT2D eigenvalue weighted by molar-refractivity contribution is 7.80. The molecule has 1 aliphatic rings. The second-order valence-corrected chi connectivity index (χ2v) is 4.79. The van der Waals surface area contributed by atoms with E-state index >= 15 is 0 Å². The fourth-order valence-electron chi connectivity index (χ4n) is 2.04. The van der Waals surface area contributed by atoms with E-state index in [1.807, 2.05) is 0 Å². The number of rotatable bonds is 4. The van der Waals surface area contributed by atoms with Crippen LogP contribution in [0.4, 0.5) is 5.88 Å². The summed E-state index contributed by atoms with van der Waals surface area (Å²) in [6.45, 7) is 3.45. The predicted octanol–water partition coefficient (Wildman–Crippen LogP) is 1.13. The zero-order valence-electron chi connectivity index (χ0n) is 11.9. The number of thiocarbonyl (C=S) groups is 1. The Bertz CT molecular complexity index is 668. The molecule has 118 valence electrons. The van der Waals surface area contributed by atoms with Crippen LogP contribution in [0.5, 0.6) is 0 Å². The lowest BCUT2D eigenvalue weighted by Crippen LogP contribution is -2.50. The first kappa shape index (κ1) is 15.9. The molecule has 1 aromatic rings. The number of nitro groups is 1. The zero-order chi connectivity index (χ0) is 16.4. The van der Waals surface area contributed by atoms with Crippen molar-refractivity contribution in [2.24, 2.45) is 5.84 Å². The Morgan fingerprint density at radius 1 is 1.64 bits per heavy atom. The van der Waals surface area contributed by atoms with Gasteiger partial charge in [0.1, 0.15) is 16.7 Å². The number of furan rings is 1. The first-order chi connectivity index (χ1) is 10.4. The molecule has 2 rings (SSSR count). The Balaban J connectivity index is 2.48. The largest absolute Gasteiger partial charge is 0.463 e. The van der Waals surface area contributed by atoms with Gasteiger partial charge in [-0.3, -0.25) is 15.1 Å². The van der Waals surface area contributed by atoms with Crippen LogP contribution >= 0.6 is 12.2 Å². The van der Waals surface area contributed by atoms with Gasteiger partial charge in [0.15, 0.2) is 5.11 Å². The summed E-state index contributed by atoms with van der Waals surface area (Å²) in [5, 5.41) is 14.8. The van der Waals surface area contributed by atoms with Crippen molar-refractivity contribution in [2.45, 2.75) is 19.9 Å². The molecular weight excluding hydrogens is 312 g/mol. The van der Waals surface area contributed by atoms with Gasteiger partial charge in [-0.25, -0.2) is 10.6 Å². The van der Waals surface area contributed by atoms with Crippen molar-refractivity contribution in [3.8, 4) is 0 Å². The molecule has 9 nitrogen and oxygen atoms in total. The summed E-state index contributed by atoms with van der Waals surface area (Å²) in [6, 6.07) is 1.80. The van der Waals surface area contributed by atoms with Crippen molar-refractivity contribution in [2.75, 3.05) is 6.61 Å². The van der Waals surface area contributed by atoms with E-state index in [1.165, 1.54) is 12.1 Å². The number of carbonyl (C=O) groups is 1. The summed E-state index contributed by atoms with van der Waals surface area (Å²) in [5.74, 6) is 4.90. The lowest BCUT2D eigenvalue weighted by atomic mass is 10.0. The minimum atomic E-state index is -0.806. The van der Waals surface area contributed by atoms with Crippen molar-refractivity contribution >= 4 is 29.2 Å². The molecule has 1 aromatic heterocycles. The van der Waals surface area contributed by atoms with Crippen LogP contribution in [0, 0.1) is 10.1 Å². The summed E-state index contributed by atoms with van der Waals surface area (Å²) >= 11 is 5.07. The van der Waals surface area contributed by atoms with Gasteiger partial charge in [-0.15, -0.1) is 0 Å². The molecule has 0 unspecified atom stereocenters. The molecule has 0 fully saturated rings. The Labute approximate surface area is 130 Å². The van der Waals surface area contributed by atoms with Crippen LogP contribution in [0.1, 0.15) is 25.6 Å². The minimum absolute atomic E-state index is 0.162. The highest BCUT2D eigenvalue weighted by Gasteiger charge is 2.36. The van der Waals surface area contributed by atoms with E-state index in [9.17, 15) is 14.9 Å².